The number of methoxy groups -OCH3 is 3. The van der Waals surface area contributed by atoms with Crippen LogP contribution >= 0.6 is 0 Å². The number of hydrogen-bond acceptors (Lipinski definition) is 8. The smallest absolute Gasteiger partial charge is 0.189 e. The fourth-order valence-electron chi connectivity index (χ4n) is 2.95. The molecular weight excluding hydrogens is 440 g/mol. The van der Waals surface area contributed by atoms with E-state index < -0.39 is 0 Å². The van der Waals surface area contributed by atoms with E-state index in [1.54, 1.807) is 30.3 Å². The van der Waals surface area contributed by atoms with Crippen molar-refractivity contribution in [1.82, 2.24) is 0 Å². The molecule has 0 aliphatic carbocycles. The van der Waals surface area contributed by atoms with E-state index in [2.05, 4.69) is 0 Å². The van der Waals surface area contributed by atoms with Gasteiger partial charge in [-0.05, 0) is 56.7 Å². The summed E-state index contributed by atoms with van der Waals surface area (Å²) in [5, 5.41) is 10.9. The molecule has 0 fully saturated rings. The Morgan fingerprint density at radius 2 is 1.53 bits per heavy atom. The highest BCUT2D eigenvalue weighted by molar-refractivity contribution is 6.09. The number of rotatable bonds is 14. The number of benzene rings is 2. The lowest BCUT2D eigenvalue weighted by atomic mass is 10.00. The Kier molecular flexibility index (Phi) is 11.1. The quantitative estimate of drug-likeness (QED) is 0.182. The maximum Gasteiger partial charge on any atom is 0.189 e. The van der Waals surface area contributed by atoms with E-state index in [4.69, 9.17) is 28.4 Å². The lowest BCUT2D eigenvalue weighted by molar-refractivity contribution is 0.0459. The molecule has 0 spiro atoms. The molecule has 2 aromatic carbocycles. The zero-order valence-corrected chi connectivity index (χ0v) is 20.3. The minimum absolute atomic E-state index is 0.0277. The van der Waals surface area contributed by atoms with E-state index in [9.17, 15) is 9.90 Å². The molecular formula is C26H32O8. The maximum absolute atomic E-state index is 13.0. The number of allylic oxidation sites excluding steroid dienone is 3. The molecule has 8 nitrogen and oxygen atoms in total. The van der Waals surface area contributed by atoms with E-state index in [1.165, 1.54) is 33.5 Å². The Morgan fingerprint density at radius 1 is 0.882 bits per heavy atom. The van der Waals surface area contributed by atoms with Crippen molar-refractivity contribution in [2.75, 3.05) is 41.7 Å². The number of carbonyl (C=O) groups excluding carboxylic acids is 1. The van der Waals surface area contributed by atoms with Crippen molar-refractivity contribution in [3.8, 4) is 23.0 Å². The summed E-state index contributed by atoms with van der Waals surface area (Å²) in [4.78, 5) is 13.0. The molecule has 0 bridgehead atoms. The van der Waals surface area contributed by atoms with Gasteiger partial charge in [-0.15, -0.1) is 0 Å². The van der Waals surface area contributed by atoms with Crippen molar-refractivity contribution < 1.29 is 38.3 Å². The normalized spacial score (nSPS) is 10.9. The fraction of sp³-hybridized carbons (Fsp3) is 0.346. The molecule has 0 amide bonds. The van der Waals surface area contributed by atoms with Crippen molar-refractivity contribution in [3.05, 3.63) is 64.7 Å². The van der Waals surface area contributed by atoms with Gasteiger partial charge < -0.3 is 33.5 Å². The highest BCUT2D eigenvalue weighted by Gasteiger charge is 2.17. The second kappa shape index (κ2) is 14.0. The Morgan fingerprint density at radius 3 is 2.18 bits per heavy atom. The summed E-state index contributed by atoms with van der Waals surface area (Å²) >= 11 is 0. The Labute approximate surface area is 200 Å². The number of carbonyl (C=O) groups is 1. The second-order valence-corrected chi connectivity index (χ2v) is 7.47. The van der Waals surface area contributed by atoms with E-state index >= 15 is 0 Å². The number of ether oxygens (including phenoxy) is 6. The van der Waals surface area contributed by atoms with Crippen LogP contribution in [0, 0.1) is 0 Å². The van der Waals surface area contributed by atoms with Crippen molar-refractivity contribution in [3.63, 3.8) is 0 Å². The second-order valence-electron chi connectivity index (χ2n) is 7.47. The molecule has 2 aromatic rings. The van der Waals surface area contributed by atoms with Crippen LogP contribution in [0.25, 0.3) is 6.08 Å². The highest BCUT2D eigenvalue weighted by atomic mass is 16.7. The first-order valence-corrected chi connectivity index (χ1v) is 10.6. The molecule has 0 unspecified atom stereocenters. The first-order chi connectivity index (χ1) is 16.4. The third-order valence-corrected chi connectivity index (χ3v) is 4.63. The molecule has 0 aliphatic rings. The fourth-order valence-corrected chi connectivity index (χ4v) is 2.95. The van der Waals surface area contributed by atoms with Crippen LogP contribution in [0.2, 0.25) is 0 Å². The summed E-state index contributed by atoms with van der Waals surface area (Å²) in [5.41, 5.74) is 2.40. The number of aromatic hydroxyl groups is 1. The lowest BCUT2D eigenvalue weighted by Gasteiger charge is -2.14. The molecule has 184 valence electrons. The Bertz CT molecular complexity index is 1010. The predicted molar refractivity (Wildman–Crippen MR) is 129 cm³/mol. The number of hydrogen-bond donors (Lipinski definition) is 1. The van der Waals surface area contributed by atoms with Gasteiger partial charge in [0, 0.05) is 38.5 Å². The summed E-state index contributed by atoms with van der Waals surface area (Å²) < 4.78 is 31.5. The molecule has 0 heterocycles. The minimum Gasteiger partial charge on any atom is -0.507 e. The van der Waals surface area contributed by atoms with Crippen molar-refractivity contribution in [1.29, 1.82) is 0 Å². The van der Waals surface area contributed by atoms with Crippen LogP contribution in [-0.2, 0) is 20.6 Å². The molecule has 1 N–H and O–H groups in total. The van der Waals surface area contributed by atoms with Gasteiger partial charge in [0.2, 0.25) is 0 Å². The third-order valence-electron chi connectivity index (χ3n) is 4.63. The van der Waals surface area contributed by atoms with Crippen LogP contribution in [0.5, 0.6) is 23.0 Å². The minimum atomic E-state index is -0.369. The van der Waals surface area contributed by atoms with Gasteiger partial charge in [-0.1, -0.05) is 11.6 Å². The van der Waals surface area contributed by atoms with E-state index in [1.807, 2.05) is 19.9 Å². The molecule has 0 saturated carbocycles. The summed E-state index contributed by atoms with van der Waals surface area (Å²) in [6.45, 7) is 4.07. The standard InChI is InChI=1S/C26H32O8/c1-18(2)6-10-22-24(33-16-30-4)13-11-21(26(22)28)23(27)12-8-19-7-9-20(32-15-29-3)14-25(19)34-17-31-5/h6-9,11-14,28H,10,15-17H2,1-5H3/b12-8+. The zero-order chi connectivity index (χ0) is 24.9. The average Bonchev–Trinajstić information content (AvgIpc) is 2.83. The number of phenolic OH excluding ortho intramolecular Hbond substituents is 1. The molecule has 34 heavy (non-hydrogen) atoms. The van der Waals surface area contributed by atoms with Gasteiger partial charge in [0.15, 0.2) is 26.2 Å². The Balaban J connectivity index is 2.34. The molecule has 0 atom stereocenters. The molecule has 0 aromatic heterocycles. The van der Waals surface area contributed by atoms with Gasteiger partial charge in [0.05, 0.1) is 5.56 Å². The maximum atomic E-state index is 13.0. The number of ketones is 1. The van der Waals surface area contributed by atoms with Gasteiger partial charge in [-0.25, -0.2) is 0 Å². The van der Waals surface area contributed by atoms with Gasteiger partial charge >= 0.3 is 0 Å². The van der Waals surface area contributed by atoms with E-state index in [-0.39, 0.29) is 37.5 Å². The van der Waals surface area contributed by atoms with Crippen LogP contribution in [0.3, 0.4) is 0 Å². The van der Waals surface area contributed by atoms with Crippen LogP contribution in [0.1, 0.15) is 35.3 Å². The van der Waals surface area contributed by atoms with Crippen molar-refractivity contribution in [2.24, 2.45) is 0 Å². The summed E-state index contributed by atoms with van der Waals surface area (Å²) in [6.07, 6.45) is 5.35. The highest BCUT2D eigenvalue weighted by Crippen LogP contribution is 2.33. The first kappa shape index (κ1) is 26.9. The molecule has 0 radical (unpaired) electrons. The Hall–Kier alpha value is -3.33. The summed E-state index contributed by atoms with van der Waals surface area (Å²) in [5.74, 6) is 0.978. The monoisotopic (exact) mass is 472 g/mol. The topological polar surface area (TPSA) is 92.7 Å². The molecule has 0 aliphatic heterocycles. The van der Waals surface area contributed by atoms with Gasteiger partial charge in [0.1, 0.15) is 23.0 Å². The SMILES string of the molecule is COCOc1ccc(/C=C/C(=O)c2ccc(OCOC)c(CC=C(C)C)c2O)c(OCOC)c1. The number of phenols is 1. The van der Waals surface area contributed by atoms with E-state index in [0.717, 1.165) is 5.57 Å². The molecule has 8 heteroatoms. The van der Waals surface area contributed by atoms with Gasteiger partial charge in [-0.2, -0.15) is 0 Å². The molecule has 2 rings (SSSR count). The first-order valence-electron chi connectivity index (χ1n) is 10.6. The molecule has 0 saturated heterocycles. The van der Waals surface area contributed by atoms with Crippen LogP contribution in [0.4, 0.5) is 0 Å². The van der Waals surface area contributed by atoms with Crippen molar-refractivity contribution >= 4 is 11.9 Å². The van der Waals surface area contributed by atoms with E-state index in [0.29, 0.717) is 34.8 Å². The summed E-state index contributed by atoms with van der Waals surface area (Å²) in [7, 11) is 4.56. The van der Waals surface area contributed by atoms with Crippen molar-refractivity contribution in [2.45, 2.75) is 20.3 Å². The van der Waals surface area contributed by atoms with Crippen LogP contribution in [-0.4, -0.2) is 52.6 Å². The van der Waals surface area contributed by atoms with Gasteiger partial charge in [0.25, 0.3) is 0 Å². The lowest BCUT2D eigenvalue weighted by Crippen LogP contribution is -2.05. The average molecular weight is 473 g/mol. The largest absolute Gasteiger partial charge is 0.507 e. The third kappa shape index (κ3) is 7.91. The summed E-state index contributed by atoms with van der Waals surface area (Å²) in [6, 6.07) is 8.35. The van der Waals surface area contributed by atoms with Crippen LogP contribution < -0.4 is 14.2 Å². The predicted octanol–water partition coefficient (Wildman–Crippen LogP) is 4.75. The zero-order valence-electron chi connectivity index (χ0n) is 20.3. The van der Waals surface area contributed by atoms with Crippen LogP contribution in [0.15, 0.2) is 48.1 Å². The van der Waals surface area contributed by atoms with Gasteiger partial charge in [-0.3, -0.25) is 4.79 Å².